The number of amides is 1. The predicted molar refractivity (Wildman–Crippen MR) is 105 cm³/mol. The number of morpholine rings is 1. The molecule has 0 radical (unpaired) electrons. The first-order valence-corrected chi connectivity index (χ1v) is 9.88. The summed E-state index contributed by atoms with van der Waals surface area (Å²) in [7, 11) is 0. The Morgan fingerprint density at radius 3 is 2.71 bits per heavy atom. The van der Waals surface area contributed by atoms with E-state index in [0.717, 1.165) is 5.69 Å². The number of carbonyl (C=O) groups excluding carboxylic acids is 1. The third-order valence-electron chi connectivity index (χ3n) is 4.53. The molecule has 0 bridgehead atoms. The van der Waals surface area contributed by atoms with Crippen molar-refractivity contribution < 1.29 is 13.9 Å². The second-order valence-corrected chi connectivity index (χ2v) is 7.45. The van der Waals surface area contributed by atoms with Gasteiger partial charge in [0.15, 0.2) is 5.16 Å². The monoisotopic (exact) mass is 402 g/mol. The van der Waals surface area contributed by atoms with E-state index < -0.39 is 5.82 Å². The molecule has 0 aliphatic carbocycles. The summed E-state index contributed by atoms with van der Waals surface area (Å²) in [5.41, 5.74) is 1.95. The van der Waals surface area contributed by atoms with Crippen molar-refractivity contribution in [1.82, 2.24) is 19.4 Å². The number of benzene rings is 1. The van der Waals surface area contributed by atoms with E-state index in [1.165, 1.54) is 40.6 Å². The van der Waals surface area contributed by atoms with E-state index in [9.17, 15) is 14.0 Å². The molecule has 4 rings (SSSR count). The topological polar surface area (TPSA) is 80.2 Å². The molecule has 0 saturated carbocycles. The predicted octanol–water partition coefficient (Wildman–Crippen LogP) is 2.11. The minimum Gasteiger partial charge on any atom is -0.378 e. The van der Waals surface area contributed by atoms with Crippen LogP contribution in [-0.2, 0) is 9.53 Å². The molecule has 2 aromatic heterocycles. The Bertz CT molecular complexity index is 1070. The van der Waals surface area contributed by atoms with Crippen molar-refractivity contribution in [2.24, 2.45) is 0 Å². The van der Waals surface area contributed by atoms with Gasteiger partial charge in [-0.2, -0.15) is 0 Å². The van der Waals surface area contributed by atoms with E-state index in [2.05, 4.69) is 9.97 Å². The molecule has 146 valence electrons. The first kappa shape index (κ1) is 18.7. The van der Waals surface area contributed by atoms with E-state index in [1.54, 1.807) is 11.0 Å². The van der Waals surface area contributed by atoms with Crippen LogP contribution in [-0.4, -0.2) is 57.4 Å². The highest BCUT2D eigenvalue weighted by atomic mass is 32.2. The van der Waals surface area contributed by atoms with Gasteiger partial charge in [0.25, 0.3) is 5.56 Å². The number of fused-ring (bicyclic) bond motifs is 1. The molecule has 1 aliphatic heterocycles. The SMILES string of the molecule is Cc1cc2nc(SCC(=O)N3CCOCC3)n(-c3ccc(F)cc3)c(=O)c2[nH]1. The first-order chi connectivity index (χ1) is 13.5. The van der Waals surface area contributed by atoms with E-state index in [4.69, 9.17) is 4.74 Å². The van der Waals surface area contributed by atoms with Crippen molar-refractivity contribution in [3.63, 3.8) is 0 Å². The van der Waals surface area contributed by atoms with Gasteiger partial charge in [0, 0.05) is 18.8 Å². The van der Waals surface area contributed by atoms with Gasteiger partial charge in [-0.15, -0.1) is 0 Å². The molecule has 3 aromatic rings. The summed E-state index contributed by atoms with van der Waals surface area (Å²) >= 11 is 1.20. The molecule has 1 N–H and O–H groups in total. The molecule has 1 amide bonds. The Morgan fingerprint density at radius 1 is 1.29 bits per heavy atom. The lowest BCUT2D eigenvalue weighted by Crippen LogP contribution is -2.41. The zero-order valence-electron chi connectivity index (χ0n) is 15.3. The van der Waals surface area contributed by atoms with Crippen molar-refractivity contribution in [3.05, 3.63) is 52.2 Å². The standard InChI is InChI=1S/C19H19FN4O3S/c1-12-10-15-17(21-12)18(26)24(14-4-2-13(20)3-5-14)19(22-15)28-11-16(25)23-6-8-27-9-7-23/h2-5,10,21H,6-9,11H2,1H3. The fourth-order valence-electron chi connectivity index (χ4n) is 3.12. The first-order valence-electron chi connectivity index (χ1n) is 8.89. The molecular formula is C19H19FN4O3S. The van der Waals surface area contributed by atoms with Gasteiger partial charge in [-0.3, -0.25) is 14.2 Å². The fourth-order valence-corrected chi connectivity index (χ4v) is 4.04. The molecular weight excluding hydrogens is 383 g/mol. The number of hydrogen-bond acceptors (Lipinski definition) is 5. The van der Waals surface area contributed by atoms with Crippen LogP contribution in [0.5, 0.6) is 0 Å². The quantitative estimate of drug-likeness (QED) is 0.534. The van der Waals surface area contributed by atoms with Crippen molar-refractivity contribution in [1.29, 1.82) is 0 Å². The number of aryl methyl sites for hydroxylation is 1. The maximum Gasteiger partial charge on any atom is 0.283 e. The summed E-state index contributed by atoms with van der Waals surface area (Å²) in [6, 6.07) is 7.42. The summed E-state index contributed by atoms with van der Waals surface area (Å²) in [5, 5.41) is 0.393. The Labute approximate surface area is 164 Å². The third kappa shape index (κ3) is 3.67. The highest BCUT2D eigenvalue weighted by Crippen LogP contribution is 2.22. The number of nitrogens with zero attached hydrogens (tertiary/aromatic N) is 3. The average Bonchev–Trinajstić information content (AvgIpc) is 3.08. The molecule has 0 unspecified atom stereocenters. The van der Waals surface area contributed by atoms with Crippen LogP contribution in [0.15, 0.2) is 40.3 Å². The number of ether oxygens (including phenoxy) is 1. The molecule has 28 heavy (non-hydrogen) atoms. The second kappa shape index (κ2) is 7.76. The van der Waals surface area contributed by atoms with E-state index in [1.807, 2.05) is 6.92 Å². The van der Waals surface area contributed by atoms with Crippen LogP contribution in [0.3, 0.4) is 0 Å². The van der Waals surface area contributed by atoms with Crippen LogP contribution in [0.4, 0.5) is 4.39 Å². The number of nitrogens with one attached hydrogen (secondary N) is 1. The van der Waals surface area contributed by atoms with Gasteiger partial charge in [-0.25, -0.2) is 9.37 Å². The summed E-state index contributed by atoms with van der Waals surface area (Å²) in [6.45, 7) is 4.03. The number of thioether (sulfide) groups is 1. The zero-order valence-corrected chi connectivity index (χ0v) is 16.1. The maximum atomic E-state index is 13.3. The third-order valence-corrected chi connectivity index (χ3v) is 5.45. The maximum absolute atomic E-state index is 13.3. The minimum absolute atomic E-state index is 0.0291. The number of halogens is 1. The fraction of sp³-hybridized carbons (Fsp3) is 0.316. The molecule has 0 atom stereocenters. The van der Waals surface area contributed by atoms with E-state index >= 15 is 0 Å². The van der Waals surface area contributed by atoms with E-state index in [-0.39, 0.29) is 17.2 Å². The average molecular weight is 402 g/mol. The van der Waals surface area contributed by atoms with Crippen molar-refractivity contribution in [3.8, 4) is 5.69 Å². The number of rotatable bonds is 4. The Hall–Kier alpha value is -2.65. The lowest BCUT2D eigenvalue weighted by molar-refractivity contribution is -0.132. The lowest BCUT2D eigenvalue weighted by Gasteiger charge is -2.26. The van der Waals surface area contributed by atoms with E-state index in [0.29, 0.717) is 48.2 Å². The van der Waals surface area contributed by atoms with Gasteiger partial charge in [0.05, 0.1) is 30.2 Å². The molecule has 0 spiro atoms. The van der Waals surface area contributed by atoms with Gasteiger partial charge in [0.2, 0.25) is 5.91 Å². The van der Waals surface area contributed by atoms with Crippen LogP contribution in [0.1, 0.15) is 5.69 Å². The number of H-pyrrole nitrogens is 1. The largest absolute Gasteiger partial charge is 0.378 e. The summed E-state index contributed by atoms with van der Waals surface area (Å²) in [5.74, 6) is -0.264. The normalized spacial score (nSPS) is 14.6. The molecule has 3 heterocycles. The van der Waals surface area contributed by atoms with Crippen molar-refractivity contribution in [2.45, 2.75) is 12.1 Å². The van der Waals surface area contributed by atoms with Gasteiger partial charge in [-0.1, -0.05) is 11.8 Å². The highest BCUT2D eigenvalue weighted by molar-refractivity contribution is 7.99. The molecule has 1 fully saturated rings. The van der Waals surface area contributed by atoms with Gasteiger partial charge in [-0.05, 0) is 37.3 Å². The van der Waals surface area contributed by atoms with Gasteiger partial charge in [0.1, 0.15) is 11.3 Å². The van der Waals surface area contributed by atoms with Crippen LogP contribution < -0.4 is 5.56 Å². The Kier molecular flexibility index (Phi) is 5.19. The van der Waals surface area contributed by atoms with Crippen molar-refractivity contribution >= 4 is 28.7 Å². The summed E-state index contributed by atoms with van der Waals surface area (Å²) in [4.78, 5) is 34.9. The van der Waals surface area contributed by atoms with Crippen LogP contribution in [0.2, 0.25) is 0 Å². The Morgan fingerprint density at radius 2 is 2.00 bits per heavy atom. The smallest absolute Gasteiger partial charge is 0.283 e. The molecule has 7 nitrogen and oxygen atoms in total. The molecule has 9 heteroatoms. The highest BCUT2D eigenvalue weighted by Gasteiger charge is 2.20. The Balaban J connectivity index is 1.71. The zero-order chi connectivity index (χ0) is 19.7. The summed E-state index contributed by atoms with van der Waals surface area (Å²) < 4.78 is 20.0. The van der Waals surface area contributed by atoms with Crippen LogP contribution in [0, 0.1) is 12.7 Å². The molecule has 1 saturated heterocycles. The van der Waals surface area contributed by atoms with Gasteiger partial charge >= 0.3 is 0 Å². The molecule has 1 aromatic carbocycles. The minimum atomic E-state index is -0.391. The van der Waals surface area contributed by atoms with Crippen molar-refractivity contribution in [2.75, 3.05) is 32.1 Å². The summed E-state index contributed by atoms with van der Waals surface area (Å²) in [6.07, 6.45) is 0. The number of aromatic amines is 1. The van der Waals surface area contributed by atoms with Crippen LogP contribution >= 0.6 is 11.8 Å². The molecule has 1 aliphatic rings. The number of aromatic nitrogens is 3. The van der Waals surface area contributed by atoms with Crippen LogP contribution in [0.25, 0.3) is 16.7 Å². The number of carbonyl (C=O) groups is 1. The number of hydrogen-bond donors (Lipinski definition) is 1. The lowest BCUT2D eigenvalue weighted by atomic mass is 10.3. The van der Waals surface area contributed by atoms with Gasteiger partial charge < -0.3 is 14.6 Å². The second-order valence-electron chi connectivity index (χ2n) is 6.51.